The van der Waals surface area contributed by atoms with Gasteiger partial charge in [-0.1, -0.05) is 48.0 Å². The Kier molecular flexibility index (Phi) is 8.25. The molecule has 6 aromatic rings. The fourth-order valence-corrected chi connectivity index (χ4v) is 7.11. The summed E-state index contributed by atoms with van der Waals surface area (Å²) in [5, 5.41) is 3.55. The average molecular weight is 677 g/mol. The minimum Gasteiger partial charge on any atom is -0.316 e. The van der Waals surface area contributed by atoms with E-state index in [0.717, 1.165) is 21.3 Å². The van der Waals surface area contributed by atoms with Gasteiger partial charge in [-0.15, -0.1) is 13.2 Å². The van der Waals surface area contributed by atoms with Crippen molar-refractivity contribution < 1.29 is 21.6 Å². The second-order valence-electron chi connectivity index (χ2n) is 11.8. The molecule has 0 amide bonds. The van der Waals surface area contributed by atoms with Crippen molar-refractivity contribution in [2.45, 2.75) is 24.7 Å². The second-order valence-corrected chi connectivity index (χ2v) is 13.6. The van der Waals surface area contributed by atoms with Gasteiger partial charge >= 0.3 is 6.30 Å². The number of hydrogen-bond acceptors (Lipinski definition) is 6. The first kappa shape index (κ1) is 32.7. The van der Waals surface area contributed by atoms with Gasteiger partial charge in [-0.3, -0.25) is 9.59 Å². The largest absolute Gasteiger partial charge is 0.504 e. The average Bonchev–Trinajstić information content (AvgIpc) is 3.69. The van der Waals surface area contributed by atoms with Crippen LogP contribution in [0.5, 0.6) is 0 Å². The summed E-state index contributed by atoms with van der Waals surface area (Å²) in [6.45, 7) is 2.76. The lowest BCUT2D eigenvalue weighted by Crippen LogP contribution is -2.26. The molecule has 0 saturated carbocycles. The van der Waals surface area contributed by atoms with Crippen LogP contribution in [0.2, 0.25) is 0 Å². The Labute approximate surface area is 273 Å². The second kappa shape index (κ2) is 12.1. The molecule has 4 heterocycles. The molecule has 2 aromatic carbocycles. The molecular formula is C34H31F3N6O4S. The summed E-state index contributed by atoms with van der Waals surface area (Å²) in [5.74, 6) is 0. The zero-order valence-corrected chi connectivity index (χ0v) is 27.2. The Morgan fingerprint density at radius 3 is 2.17 bits per heavy atom. The number of benzene rings is 2. The van der Waals surface area contributed by atoms with Crippen LogP contribution in [-0.4, -0.2) is 56.8 Å². The Morgan fingerprint density at radius 1 is 0.854 bits per heavy atom. The number of hydrogen-bond donors (Lipinski definition) is 0. The van der Waals surface area contributed by atoms with Crippen LogP contribution in [0.1, 0.15) is 5.56 Å². The van der Waals surface area contributed by atoms with Crippen molar-refractivity contribution in [3.05, 3.63) is 118 Å². The van der Waals surface area contributed by atoms with E-state index in [-0.39, 0.29) is 37.3 Å². The van der Waals surface area contributed by atoms with Gasteiger partial charge in [-0.25, -0.2) is 12.4 Å². The summed E-state index contributed by atoms with van der Waals surface area (Å²) < 4.78 is 72.9. The van der Waals surface area contributed by atoms with Crippen molar-refractivity contribution in [2.75, 3.05) is 20.6 Å². The topological polar surface area (TPSA) is 104 Å². The first-order chi connectivity index (χ1) is 22.7. The zero-order valence-electron chi connectivity index (χ0n) is 26.4. The SMILES string of the molecule is Cc1ccc(S(=O)(=O)n2c(-c3cnn(C(F)(F)F)c3)cc3c(-c4cc(=O)n(CCN(C)C)cc4-c4ccccc4)cn(C)c(=O)c32)cc1. The quantitative estimate of drug-likeness (QED) is 0.217. The molecule has 0 fully saturated rings. The van der Waals surface area contributed by atoms with E-state index in [1.165, 1.54) is 42.1 Å². The van der Waals surface area contributed by atoms with Crippen molar-refractivity contribution in [3.63, 3.8) is 0 Å². The molecule has 0 spiro atoms. The normalized spacial score (nSPS) is 12.3. The third-order valence-electron chi connectivity index (χ3n) is 8.08. The van der Waals surface area contributed by atoms with Crippen LogP contribution >= 0.6 is 0 Å². The molecule has 0 aliphatic rings. The summed E-state index contributed by atoms with van der Waals surface area (Å²) >= 11 is 0. The Morgan fingerprint density at radius 2 is 1.54 bits per heavy atom. The number of fused-ring (bicyclic) bond motifs is 1. The van der Waals surface area contributed by atoms with E-state index in [4.69, 9.17) is 0 Å². The zero-order chi connectivity index (χ0) is 34.5. The van der Waals surface area contributed by atoms with Gasteiger partial charge in [0.1, 0.15) is 5.52 Å². The molecule has 0 saturated heterocycles. The monoisotopic (exact) mass is 676 g/mol. The molecule has 0 bridgehead atoms. The van der Waals surface area contributed by atoms with Gasteiger partial charge in [0.05, 0.1) is 16.8 Å². The third kappa shape index (κ3) is 5.88. The Hall–Kier alpha value is -5.21. The van der Waals surface area contributed by atoms with Gasteiger partial charge in [0.15, 0.2) is 0 Å². The molecule has 0 aliphatic carbocycles. The highest BCUT2D eigenvalue weighted by molar-refractivity contribution is 7.90. The van der Waals surface area contributed by atoms with Gasteiger partial charge < -0.3 is 14.0 Å². The summed E-state index contributed by atoms with van der Waals surface area (Å²) in [4.78, 5) is 29.2. The van der Waals surface area contributed by atoms with Gasteiger partial charge in [-0.05, 0) is 50.3 Å². The summed E-state index contributed by atoms with van der Waals surface area (Å²) in [7, 11) is 0.673. The Bertz CT molecular complexity index is 2390. The molecule has 0 aliphatic heterocycles. The maximum absolute atomic E-state index is 14.4. The van der Waals surface area contributed by atoms with Crippen LogP contribution in [-0.2, 0) is 29.9 Å². The van der Waals surface area contributed by atoms with Crippen LogP contribution in [0, 0.1) is 6.92 Å². The fraction of sp³-hybridized carbons (Fsp3) is 0.206. The van der Waals surface area contributed by atoms with E-state index < -0.39 is 21.9 Å². The van der Waals surface area contributed by atoms with E-state index in [1.807, 2.05) is 49.3 Å². The van der Waals surface area contributed by atoms with Crippen molar-refractivity contribution in [3.8, 4) is 33.5 Å². The number of pyridine rings is 2. The molecule has 0 unspecified atom stereocenters. The lowest BCUT2D eigenvalue weighted by atomic mass is 9.95. The maximum Gasteiger partial charge on any atom is 0.504 e. The van der Waals surface area contributed by atoms with E-state index >= 15 is 0 Å². The number of aromatic nitrogens is 5. The number of likely N-dealkylation sites (N-methyl/N-ethyl adjacent to an activating group) is 1. The summed E-state index contributed by atoms with van der Waals surface area (Å²) in [6.07, 6.45) is -0.0773. The number of aryl methyl sites for hydroxylation is 2. The lowest BCUT2D eigenvalue weighted by molar-refractivity contribution is -0.212. The minimum atomic E-state index is -4.87. The lowest BCUT2D eigenvalue weighted by Gasteiger charge is -2.17. The summed E-state index contributed by atoms with van der Waals surface area (Å²) in [5.41, 5.74) is 1.21. The third-order valence-corrected chi connectivity index (χ3v) is 9.81. The van der Waals surface area contributed by atoms with Gasteiger partial charge in [0, 0.05) is 66.9 Å². The highest BCUT2D eigenvalue weighted by atomic mass is 32.2. The summed E-state index contributed by atoms with van der Waals surface area (Å²) in [6, 6.07) is 18.0. The molecule has 0 N–H and O–H groups in total. The minimum absolute atomic E-state index is 0.131. The van der Waals surface area contributed by atoms with Crippen LogP contribution in [0.4, 0.5) is 13.2 Å². The van der Waals surface area contributed by atoms with E-state index in [9.17, 15) is 31.2 Å². The smallest absolute Gasteiger partial charge is 0.316 e. The highest BCUT2D eigenvalue weighted by Crippen LogP contribution is 2.39. The maximum atomic E-state index is 14.4. The molecule has 248 valence electrons. The Balaban J connectivity index is 1.72. The number of nitrogens with zero attached hydrogens (tertiary/aromatic N) is 6. The van der Waals surface area contributed by atoms with Gasteiger partial charge in [-0.2, -0.15) is 9.78 Å². The van der Waals surface area contributed by atoms with E-state index in [0.29, 0.717) is 36.0 Å². The molecule has 48 heavy (non-hydrogen) atoms. The van der Waals surface area contributed by atoms with Gasteiger partial charge in [0.25, 0.3) is 21.1 Å². The standard InChI is InChI=1S/C34H31F3N6O4S/c1-22-10-12-25(13-11-22)48(46,47)43-30(24-18-38-42(19-24)34(35,36)37)16-27-29(20-40(4)33(45)32(27)43)26-17-31(44)41(15-14-39(2)3)21-28(26)23-8-6-5-7-9-23/h5-13,16-21H,14-15H2,1-4H3. The van der Waals surface area contributed by atoms with Crippen molar-refractivity contribution in [1.29, 1.82) is 0 Å². The molecule has 14 heteroatoms. The number of halogens is 3. The fourth-order valence-electron chi connectivity index (χ4n) is 5.59. The van der Waals surface area contributed by atoms with Crippen LogP contribution in [0.15, 0.2) is 106 Å². The first-order valence-corrected chi connectivity index (χ1v) is 16.3. The van der Waals surface area contributed by atoms with Crippen LogP contribution in [0.3, 0.4) is 0 Å². The van der Waals surface area contributed by atoms with E-state index in [1.54, 1.807) is 29.8 Å². The molecule has 10 nitrogen and oxygen atoms in total. The predicted molar refractivity (Wildman–Crippen MR) is 177 cm³/mol. The molecular weight excluding hydrogens is 645 g/mol. The number of rotatable bonds is 8. The molecule has 0 atom stereocenters. The van der Waals surface area contributed by atoms with Crippen molar-refractivity contribution in [1.82, 2.24) is 27.8 Å². The first-order valence-electron chi connectivity index (χ1n) is 14.8. The van der Waals surface area contributed by atoms with Crippen molar-refractivity contribution >= 4 is 20.9 Å². The molecule has 4 aromatic heterocycles. The number of alkyl halides is 3. The predicted octanol–water partition coefficient (Wildman–Crippen LogP) is 5.28. The highest BCUT2D eigenvalue weighted by Gasteiger charge is 2.34. The van der Waals surface area contributed by atoms with Crippen LogP contribution in [0.25, 0.3) is 44.4 Å². The van der Waals surface area contributed by atoms with Crippen LogP contribution < -0.4 is 11.1 Å². The van der Waals surface area contributed by atoms with E-state index in [2.05, 4.69) is 5.10 Å². The van der Waals surface area contributed by atoms with Gasteiger partial charge in [0.2, 0.25) is 0 Å². The molecule has 6 rings (SSSR count). The van der Waals surface area contributed by atoms with Crippen molar-refractivity contribution in [2.24, 2.45) is 7.05 Å². The molecule has 0 radical (unpaired) electrons.